The van der Waals surface area contributed by atoms with Gasteiger partial charge in [0.15, 0.2) is 5.76 Å². The molecule has 0 saturated carbocycles. The minimum atomic E-state index is -0.489. The number of aliphatic hydroxyl groups excluding tert-OH is 1. The van der Waals surface area contributed by atoms with E-state index < -0.39 is 11.9 Å². The van der Waals surface area contributed by atoms with E-state index in [-0.39, 0.29) is 18.2 Å². The quantitative estimate of drug-likeness (QED) is 0.628. The Bertz CT molecular complexity index is 468. The van der Waals surface area contributed by atoms with Crippen molar-refractivity contribution in [1.82, 2.24) is 5.32 Å². The number of carbonyl (C=O) groups is 2. The lowest BCUT2D eigenvalue weighted by Gasteiger charge is -2.13. The van der Waals surface area contributed by atoms with E-state index in [4.69, 9.17) is 9.84 Å². The maximum absolute atomic E-state index is 11.9. The van der Waals surface area contributed by atoms with Crippen molar-refractivity contribution in [3.05, 3.63) is 47.9 Å². The van der Waals surface area contributed by atoms with E-state index >= 15 is 0 Å². The number of rotatable bonds is 5. The van der Waals surface area contributed by atoms with Gasteiger partial charge in [-0.3, -0.25) is 9.59 Å². The van der Waals surface area contributed by atoms with Crippen LogP contribution in [0.2, 0.25) is 0 Å². The molecule has 1 atom stereocenters. The van der Waals surface area contributed by atoms with Gasteiger partial charge in [0, 0.05) is 6.92 Å². The van der Waals surface area contributed by atoms with Crippen LogP contribution in [0.4, 0.5) is 0 Å². The third-order valence-electron chi connectivity index (χ3n) is 2.54. The fraction of sp³-hybridized carbons (Fsp3) is 0.286. The summed E-state index contributed by atoms with van der Waals surface area (Å²) in [5.74, 6) is -1.21. The second-order valence-electron chi connectivity index (χ2n) is 4.06. The van der Waals surface area contributed by atoms with Crippen LogP contribution < -0.4 is 5.32 Å². The number of ether oxygens (including phenoxy) is 1. The lowest BCUT2D eigenvalue weighted by molar-refractivity contribution is -0.141. The van der Waals surface area contributed by atoms with Crippen molar-refractivity contribution >= 4 is 11.9 Å². The molecule has 0 saturated heterocycles. The van der Waals surface area contributed by atoms with Gasteiger partial charge in [0.2, 0.25) is 5.91 Å². The molecule has 1 rings (SSSR count). The molecule has 0 spiro atoms. The van der Waals surface area contributed by atoms with Crippen LogP contribution in [0, 0.1) is 0 Å². The number of esters is 1. The van der Waals surface area contributed by atoms with Gasteiger partial charge in [0.25, 0.3) is 0 Å². The minimum Gasteiger partial charge on any atom is -0.512 e. The average molecular weight is 263 g/mol. The van der Waals surface area contributed by atoms with Gasteiger partial charge in [-0.15, -0.1) is 0 Å². The highest BCUT2D eigenvalue weighted by molar-refractivity contribution is 5.78. The van der Waals surface area contributed by atoms with E-state index in [2.05, 4.69) is 5.32 Å². The average Bonchev–Trinajstić information content (AvgIpc) is 2.43. The molecule has 0 fully saturated rings. The number of hydrogen-bond acceptors (Lipinski definition) is 4. The van der Waals surface area contributed by atoms with Gasteiger partial charge in [-0.2, -0.15) is 0 Å². The van der Waals surface area contributed by atoms with E-state index in [0.717, 1.165) is 5.56 Å². The summed E-state index contributed by atoms with van der Waals surface area (Å²) in [5.41, 5.74) is 0.823. The molecule has 1 aromatic rings. The second kappa shape index (κ2) is 7.20. The van der Waals surface area contributed by atoms with Gasteiger partial charge in [0.05, 0.1) is 12.5 Å². The fourth-order valence-electron chi connectivity index (χ4n) is 1.42. The SMILES string of the molecule is CC(=O)NCC(=CO)OC(=O)C(C)c1ccccc1. The highest BCUT2D eigenvalue weighted by Gasteiger charge is 2.18. The molecule has 0 radical (unpaired) electrons. The van der Waals surface area contributed by atoms with Crippen LogP contribution in [0.1, 0.15) is 25.3 Å². The topological polar surface area (TPSA) is 75.6 Å². The zero-order valence-corrected chi connectivity index (χ0v) is 10.9. The summed E-state index contributed by atoms with van der Waals surface area (Å²) in [6.07, 6.45) is 0.672. The number of carbonyl (C=O) groups excluding carboxylic acids is 2. The van der Waals surface area contributed by atoms with E-state index in [0.29, 0.717) is 6.26 Å². The largest absolute Gasteiger partial charge is 0.512 e. The van der Waals surface area contributed by atoms with Crippen LogP contribution in [0.3, 0.4) is 0 Å². The number of hydrogen-bond donors (Lipinski definition) is 2. The summed E-state index contributed by atoms with van der Waals surface area (Å²) in [4.78, 5) is 22.6. The van der Waals surface area contributed by atoms with Crippen molar-refractivity contribution in [1.29, 1.82) is 0 Å². The summed E-state index contributed by atoms with van der Waals surface area (Å²) in [6.45, 7) is 3.02. The number of aliphatic hydroxyl groups is 1. The maximum Gasteiger partial charge on any atom is 0.318 e. The van der Waals surface area contributed by atoms with E-state index in [1.54, 1.807) is 6.92 Å². The summed E-state index contributed by atoms with van der Waals surface area (Å²) in [7, 11) is 0. The Morgan fingerprint density at radius 1 is 1.37 bits per heavy atom. The lowest BCUT2D eigenvalue weighted by Crippen LogP contribution is -2.25. The molecule has 0 bridgehead atoms. The van der Waals surface area contributed by atoms with Crippen molar-refractivity contribution in [3.63, 3.8) is 0 Å². The molecule has 1 unspecified atom stereocenters. The van der Waals surface area contributed by atoms with E-state index in [1.807, 2.05) is 30.3 Å². The van der Waals surface area contributed by atoms with Gasteiger partial charge >= 0.3 is 5.97 Å². The molecule has 1 amide bonds. The number of benzene rings is 1. The molecule has 0 aromatic heterocycles. The predicted octanol–water partition coefficient (Wildman–Crippen LogP) is 1.87. The van der Waals surface area contributed by atoms with Crippen molar-refractivity contribution < 1.29 is 19.4 Å². The molecule has 0 aliphatic heterocycles. The van der Waals surface area contributed by atoms with Crippen LogP contribution in [-0.2, 0) is 14.3 Å². The van der Waals surface area contributed by atoms with E-state index in [1.165, 1.54) is 6.92 Å². The second-order valence-corrected chi connectivity index (χ2v) is 4.06. The van der Waals surface area contributed by atoms with Gasteiger partial charge in [0.1, 0.15) is 6.26 Å². The predicted molar refractivity (Wildman–Crippen MR) is 70.3 cm³/mol. The molecule has 19 heavy (non-hydrogen) atoms. The molecule has 102 valence electrons. The van der Waals surface area contributed by atoms with Gasteiger partial charge in [-0.05, 0) is 12.5 Å². The first-order valence-electron chi connectivity index (χ1n) is 5.89. The molecular formula is C14H17NO4. The van der Waals surface area contributed by atoms with Crippen molar-refractivity contribution in [2.24, 2.45) is 0 Å². The summed E-state index contributed by atoms with van der Waals surface area (Å²) >= 11 is 0. The third kappa shape index (κ3) is 4.83. The van der Waals surface area contributed by atoms with Crippen LogP contribution >= 0.6 is 0 Å². The van der Waals surface area contributed by atoms with Gasteiger partial charge in [-0.25, -0.2) is 0 Å². The molecule has 1 aromatic carbocycles. The highest BCUT2D eigenvalue weighted by Crippen LogP contribution is 2.17. The molecule has 2 N–H and O–H groups in total. The summed E-state index contributed by atoms with van der Waals surface area (Å²) in [6, 6.07) is 9.17. The Balaban J connectivity index is 2.60. The Morgan fingerprint density at radius 2 is 2.00 bits per heavy atom. The monoisotopic (exact) mass is 263 g/mol. The molecule has 5 heteroatoms. The molecular weight excluding hydrogens is 246 g/mol. The lowest BCUT2D eigenvalue weighted by atomic mass is 10.0. The third-order valence-corrected chi connectivity index (χ3v) is 2.54. The summed E-state index contributed by atoms with van der Waals surface area (Å²) in [5, 5.41) is 11.4. The van der Waals surface area contributed by atoms with Crippen LogP contribution in [0.15, 0.2) is 42.4 Å². The Morgan fingerprint density at radius 3 is 2.53 bits per heavy atom. The maximum atomic E-state index is 11.9. The Labute approximate surface area is 111 Å². The van der Waals surface area contributed by atoms with Crippen LogP contribution in [0.25, 0.3) is 0 Å². The molecule has 5 nitrogen and oxygen atoms in total. The first kappa shape index (κ1) is 14.8. The zero-order valence-electron chi connectivity index (χ0n) is 10.9. The Kier molecular flexibility index (Phi) is 5.60. The van der Waals surface area contributed by atoms with E-state index in [9.17, 15) is 9.59 Å². The minimum absolute atomic E-state index is 0.00276. The molecule has 0 aliphatic rings. The number of amides is 1. The van der Waals surface area contributed by atoms with Crippen LogP contribution in [0.5, 0.6) is 0 Å². The van der Waals surface area contributed by atoms with Gasteiger partial charge < -0.3 is 15.2 Å². The van der Waals surface area contributed by atoms with Gasteiger partial charge in [-0.1, -0.05) is 30.3 Å². The van der Waals surface area contributed by atoms with Crippen molar-refractivity contribution in [3.8, 4) is 0 Å². The zero-order chi connectivity index (χ0) is 14.3. The summed E-state index contributed by atoms with van der Waals surface area (Å²) < 4.78 is 5.02. The highest BCUT2D eigenvalue weighted by atomic mass is 16.5. The first-order valence-corrected chi connectivity index (χ1v) is 5.89. The Hall–Kier alpha value is -2.30. The normalized spacial score (nSPS) is 12.6. The standard InChI is InChI=1S/C14H17NO4/c1-10(12-6-4-3-5-7-12)14(18)19-13(9-16)8-15-11(2)17/h3-7,9-10,16H,8H2,1-2H3,(H,15,17). The fourth-order valence-corrected chi connectivity index (χ4v) is 1.42. The van der Waals surface area contributed by atoms with Crippen LogP contribution in [-0.4, -0.2) is 23.5 Å². The van der Waals surface area contributed by atoms with Crippen molar-refractivity contribution in [2.45, 2.75) is 19.8 Å². The number of nitrogens with one attached hydrogen (secondary N) is 1. The van der Waals surface area contributed by atoms with Crippen molar-refractivity contribution in [2.75, 3.05) is 6.54 Å². The smallest absolute Gasteiger partial charge is 0.318 e. The molecule has 0 aliphatic carbocycles. The first-order chi connectivity index (χ1) is 9.04. The molecule has 0 heterocycles.